The SMILES string of the molecule is COC1(C)CCCN(Cc2cccc(N)c2F)C1. The molecule has 1 aliphatic heterocycles. The van der Waals surface area contributed by atoms with Crippen LogP contribution in [0.5, 0.6) is 0 Å². The van der Waals surface area contributed by atoms with Crippen LogP contribution < -0.4 is 5.73 Å². The summed E-state index contributed by atoms with van der Waals surface area (Å²) in [5, 5.41) is 0. The van der Waals surface area contributed by atoms with Crippen molar-refractivity contribution < 1.29 is 9.13 Å². The lowest BCUT2D eigenvalue weighted by Crippen LogP contribution is -2.46. The fourth-order valence-electron chi connectivity index (χ4n) is 2.57. The second kappa shape index (κ2) is 5.24. The Bertz CT molecular complexity index is 424. The first kappa shape index (κ1) is 13.3. The predicted molar refractivity (Wildman–Crippen MR) is 70.7 cm³/mol. The van der Waals surface area contributed by atoms with E-state index in [1.807, 2.05) is 0 Å². The summed E-state index contributed by atoms with van der Waals surface area (Å²) in [6.45, 7) is 4.51. The molecule has 18 heavy (non-hydrogen) atoms. The molecular formula is C14H21FN2O. The van der Waals surface area contributed by atoms with Gasteiger partial charge in [-0.15, -0.1) is 0 Å². The van der Waals surface area contributed by atoms with Crippen molar-refractivity contribution in [2.75, 3.05) is 25.9 Å². The zero-order valence-electron chi connectivity index (χ0n) is 11.1. The molecule has 1 aromatic carbocycles. The Labute approximate surface area is 108 Å². The van der Waals surface area contributed by atoms with Crippen LogP contribution in [0, 0.1) is 5.82 Å². The van der Waals surface area contributed by atoms with Gasteiger partial charge in [0.1, 0.15) is 0 Å². The summed E-state index contributed by atoms with van der Waals surface area (Å²) in [5.41, 5.74) is 6.35. The van der Waals surface area contributed by atoms with Crippen LogP contribution in [0.15, 0.2) is 18.2 Å². The van der Waals surface area contributed by atoms with Gasteiger partial charge in [0.2, 0.25) is 0 Å². The fourth-order valence-corrected chi connectivity index (χ4v) is 2.57. The molecule has 0 bridgehead atoms. The first-order valence-corrected chi connectivity index (χ1v) is 6.34. The molecule has 3 nitrogen and oxygen atoms in total. The number of anilines is 1. The Hall–Kier alpha value is -1.13. The first-order chi connectivity index (χ1) is 8.54. The molecule has 0 amide bonds. The highest BCUT2D eigenvalue weighted by molar-refractivity contribution is 5.42. The topological polar surface area (TPSA) is 38.5 Å². The van der Waals surface area contributed by atoms with Crippen LogP contribution in [0.25, 0.3) is 0 Å². The molecule has 0 spiro atoms. The number of nitrogens with zero attached hydrogens (tertiary/aromatic N) is 1. The average Bonchev–Trinajstić information content (AvgIpc) is 2.35. The van der Waals surface area contributed by atoms with Crippen LogP contribution in [0.4, 0.5) is 10.1 Å². The highest BCUT2D eigenvalue weighted by Gasteiger charge is 2.30. The van der Waals surface area contributed by atoms with E-state index in [1.54, 1.807) is 25.3 Å². The number of halogens is 1. The molecule has 1 saturated heterocycles. The average molecular weight is 252 g/mol. The van der Waals surface area contributed by atoms with Gasteiger partial charge in [0, 0.05) is 25.8 Å². The Morgan fingerprint density at radius 1 is 1.50 bits per heavy atom. The number of benzene rings is 1. The lowest BCUT2D eigenvalue weighted by molar-refractivity contribution is -0.0528. The summed E-state index contributed by atoms with van der Waals surface area (Å²) in [5.74, 6) is -0.290. The van der Waals surface area contributed by atoms with Crippen molar-refractivity contribution >= 4 is 5.69 Å². The van der Waals surface area contributed by atoms with E-state index in [2.05, 4.69) is 11.8 Å². The smallest absolute Gasteiger partial charge is 0.150 e. The van der Waals surface area contributed by atoms with E-state index in [4.69, 9.17) is 10.5 Å². The summed E-state index contributed by atoms with van der Waals surface area (Å²) in [6.07, 6.45) is 2.13. The van der Waals surface area contributed by atoms with Crippen LogP contribution in [-0.4, -0.2) is 30.7 Å². The van der Waals surface area contributed by atoms with Crippen molar-refractivity contribution in [3.05, 3.63) is 29.6 Å². The maximum absolute atomic E-state index is 13.8. The fraction of sp³-hybridized carbons (Fsp3) is 0.571. The maximum atomic E-state index is 13.8. The molecule has 1 heterocycles. The number of hydrogen-bond acceptors (Lipinski definition) is 3. The predicted octanol–water partition coefficient (Wildman–Crippen LogP) is 2.41. The number of rotatable bonds is 3. The Morgan fingerprint density at radius 3 is 3.00 bits per heavy atom. The third-order valence-electron chi connectivity index (χ3n) is 3.73. The zero-order valence-corrected chi connectivity index (χ0v) is 11.1. The molecule has 0 saturated carbocycles. The van der Waals surface area contributed by atoms with Crippen LogP contribution in [0.1, 0.15) is 25.3 Å². The van der Waals surface area contributed by atoms with Gasteiger partial charge in [0.15, 0.2) is 5.82 Å². The van der Waals surface area contributed by atoms with E-state index in [0.717, 1.165) is 25.9 Å². The minimum Gasteiger partial charge on any atom is -0.396 e. The Balaban J connectivity index is 2.07. The highest BCUT2D eigenvalue weighted by atomic mass is 19.1. The third-order valence-corrected chi connectivity index (χ3v) is 3.73. The molecule has 1 atom stereocenters. The molecule has 0 aromatic heterocycles. The number of ether oxygens (including phenoxy) is 1. The standard InChI is InChI=1S/C14H21FN2O/c1-14(18-2)7-4-8-17(10-14)9-11-5-3-6-12(16)13(11)15/h3,5-6H,4,7-10,16H2,1-2H3. The molecule has 4 heteroatoms. The lowest BCUT2D eigenvalue weighted by atomic mass is 9.94. The van der Waals surface area contributed by atoms with Crippen LogP contribution in [0.3, 0.4) is 0 Å². The van der Waals surface area contributed by atoms with E-state index in [0.29, 0.717) is 12.1 Å². The minimum absolute atomic E-state index is 0.116. The molecule has 2 N–H and O–H groups in total. The number of nitrogens with two attached hydrogens (primary N) is 1. The first-order valence-electron chi connectivity index (χ1n) is 6.34. The summed E-state index contributed by atoms with van der Waals surface area (Å²) in [6, 6.07) is 5.19. The van der Waals surface area contributed by atoms with Gasteiger partial charge in [-0.05, 0) is 32.4 Å². The molecular weight excluding hydrogens is 231 g/mol. The van der Waals surface area contributed by atoms with E-state index in [9.17, 15) is 4.39 Å². The monoisotopic (exact) mass is 252 g/mol. The van der Waals surface area contributed by atoms with Gasteiger partial charge >= 0.3 is 0 Å². The maximum Gasteiger partial charge on any atom is 0.150 e. The molecule has 2 rings (SSSR count). The molecule has 100 valence electrons. The summed E-state index contributed by atoms with van der Waals surface area (Å²) in [7, 11) is 1.74. The number of hydrogen-bond donors (Lipinski definition) is 1. The van der Waals surface area contributed by atoms with Crippen LogP contribution in [0.2, 0.25) is 0 Å². The number of piperidine rings is 1. The second-order valence-corrected chi connectivity index (χ2v) is 5.29. The van der Waals surface area contributed by atoms with Gasteiger partial charge in [-0.3, -0.25) is 4.90 Å². The quantitative estimate of drug-likeness (QED) is 0.840. The number of methoxy groups -OCH3 is 1. The summed E-state index contributed by atoms with van der Waals surface area (Å²) < 4.78 is 19.4. The molecule has 1 unspecified atom stereocenters. The van der Waals surface area contributed by atoms with Crippen LogP contribution in [-0.2, 0) is 11.3 Å². The highest BCUT2D eigenvalue weighted by Crippen LogP contribution is 2.26. The molecule has 1 aliphatic rings. The normalized spacial score (nSPS) is 25.3. The van der Waals surface area contributed by atoms with Gasteiger partial charge in [-0.25, -0.2) is 4.39 Å². The van der Waals surface area contributed by atoms with Crippen molar-refractivity contribution in [3.8, 4) is 0 Å². The van der Waals surface area contributed by atoms with Gasteiger partial charge < -0.3 is 10.5 Å². The van der Waals surface area contributed by atoms with Crippen molar-refractivity contribution in [2.24, 2.45) is 0 Å². The van der Waals surface area contributed by atoms with E-state index < -0.39 is 0 Å². The van der Waals surface area contributed by atoms with E-state index in [1.165, 1.54) is 0 Å². The molecule has 1 fully saturated rings. The molecule has 0 radical (unpaired) electrons. The van der Waals surface area contributed by atoms with Gasteiger partial charge in [-0.1, -0.05) is 12.1 Å². The lowest BCUT2D eigenvalue weighted by Gasteiger charge is -2.39. The van der Waals surface area contributed by atoms with Crippen molar-refractivity contribution in [3.63, 3.8) is 0 Å². The summed E-state index contributed by atoms with van der Waals surface area (Å²) >= 11 is 0. The second-order valence-electron chi connectivity index (χ2n) is 5.29. The number of likely N-dealkylation sites (tertiary alicyclic amines) is 1. The van der Waals surface area contributed by atoms with Gasteiger partial charge in [0.05, 0.1) is 11.3 Å². The van der Waals surface area contributed by atoms with E-state index in [-0.39, 0.29) is 17.1 Å². The van der Waals surface area contributed by atoms with Crippen molar-refractivity contribution in [2.45, 2.75) is 31.9 Å². The Kier molecular flexibility index (Phi) is 3.88. The van der Waals surface area contributed by atoms with Gasteiger partial charge in [0.25, 0.3) is 0 Å². The molecule has 1 aromatic rings. The minimum atomic E-state index is -0.290. The third kappa shape index (κ3) is 2.82. The Morgan fingerprint density at radius 2 is 2.28 bits per heavy atom. The van der Waals surface area contributed by atoms with E-state index >= 15 is 0 Å². The summed E-state index contributed by atoms with van der Waals surface area (Å²) in [4.78, 5) is 2.23. The zero-order chi connectivity index (χ0) is 13.2. The van der Waals surface area contributed by atoms with Gasteiger partial charge in [-0.2, -0.15) is 0 Å². The molecule has 0 aliphatic carbocycles. The number of nitrogen functional groups attached to an aromatic ring is 1. The van der Waals surface area contributed by atoms with Crippen molar-refractivity contribution in [1.29, 1.82) is 0 Å². The van der Waals surface area contributed by atoms with Crippen LogP contribution >= 0.6 is 0 Å². The van der Waals surface area contributed by atoms with Crippen molar-refractivity contribution in [1.82, 2.24) is 4.90 Å². The largest absolute Gasteiger partial charge is 0.396 e.